The van der Waals surface area contributed by atoms with Gasteiger partial charge in [0.2, 0.25) is 5.91 Å². The van der Waals surface area contributed by atoms with Gasteiger partial charge in [-0.1, -0.05) is 48.6 Å². The van der Waals surface area contributed by atoms with E-state index in [0.717, 1.165) is 5.56 Å². The maximum atomic E-state index is 11.4. The minimum atomic E-state index is -0.652. The van der Waals surface area contributed by atoms with E-state index in [1.54, 1.807) is 68.8 Å². The van der Waals surface area contributed by atoms with Gasteiger partial charge in [0.15, 0.2) is 0 Å². The van der Waals surface area contributed by atoms with E-state index in [4.69, 9.17) is 0 Å². The van der Waals surface area contributed by atoms with E-state index in [-0.39, 0.29) is 11.7 Å². The number of hydrogen-bond acceptors (Lipinski definition) is 4. The molecule has 2 atom stereocenters. The highest BCUT2D eigenvalue weighted by molar-refractivity contribution is 5.75. The third-order valence-corrected chi connectivity index (χ3v) is 3.79. The highest BCUT2D eigenvalue weighted by atomic mass is 16.3. The number of hydrogen-bond donors (Lipinski definition) is 3. The SMILES string of the molecule is CN(C)C(=O)CCC(O)C=CC=CC=CC(O)CCc1cccc(O)c1. The third-order valence-electron chi connectivity index (χ3n) is 3.79. The second kappa shape index (κ2) is 12.1. The smallest absolute Gasteiger partial charge is 0.222 e. The fraction of sp³-hybridized carbons (Fsp3) is 0.381. The van der Waals surface area contributed by atoms with Gasteiger partial charge < -0.3 is 20.2 Å². The van der Waals surface area contributed by atoms with Crippen molar-refractivity contribution >= 4 is 5.91 Å². The van der Waals surface area contributed by atoms with E-state index < -0.39 is 12.2 Å². The molecule has 0 saturated carbocycles. The summed E-state index contributed by atoms with van der Waals surface area (Å²) in [4.78, 5) is 12.9. The highest BCUT2D eigenvalue weighted by Gasteiger charge is 2.06. The van der Waals surface area contributed by atoms with Crippen molar-refractivity contribution in [2.45, 2.75) is 37.9 Å². The molecule has 5 heteroatoms. The quantitative estimate of drug-likeness (QED) is 0.561. The molecule has 0 aliphatic heterocycles. The standard InChI is InChI=1S/C21H29NO4/c1-22(2)21(26)15-14-19(24)10-6-4-3-5-9-18(23)13-12-17-8-7-11-20(25)16-17/h3-11,16,18-19,23-25H,12-15H2,1-2H3. The van der Waals surface area contributed by atoms with E-state index in [2.05, 4.69) is 0 Å². The number of phenolic OH excluding ortho intramolecular Hbond substituents is 1. The zero-order chi connectivity index (χ0) is 19.4. The molecule has 0 heterocycles. The van der Waals surface area contributed by atoms with Crippen molar-refractivity contribution in [1.82, 2.24) is 4.90 Å². The molecule has 142 valence electrons. The van der Waals surface area contributed by atoms with Crippen LogP contribution in [0.3, 0.4) is 0 Å². The zero-order valence-corrected chi connectivity index (χ0v) is 15.5. The summed E-state index contributed by atoms with van der Waals surface area (Å²) in [5, 5.41) is 29.1. The predicted octanol–water partition coefficient (Wildman–Crippen LogP) is 2.58. The first-order chi connectivity index (χ1) is 12.4. The van der Waals surface area contributed by atoms with Gasteiger partial charge in [0.1, 0.15) is 5.75 Å². The van der Waals surface area contributed by atoms with Crippen LogP contribution >= 0.6 is 0 Å². The van der Waals surface area contributed by atoms with Crippen molar-refractivity contribution in [3.8, 4) is 5.75 Å². The average molecular weight is 359 g/mol. The molecule has 0 bridgehead atoms. The molecule has 0 aliphatic carbocycles. The summed E-state index contributed by atoms with van der Waals surface area (Å²) in [6.45, 7) is 0. The normalized spacial score (nSPS) is 14.3. The molecule has 0 spiro atoms. The molecule has 5 nitrogen and oxygen atoms in total. The molecule has 3 N–H and O–H groups in total. The molecule has 0 aromatic heterocycles. The third kappa shape index (κ3) is 9.81. The summed E-state index contributed by atoms with van der Waals surface area (Å²) in [6.07, 6.45) is 11.1. The largest absolute Gasteiger partial charge is 0.508 e. The van der Waals surface area contributed by atoms with Gasteiger partial charge in [0.25, 0.3) is 0 Å². The van der Waals surface area contributed by atoms with Gasteiger partial charge in [-0.05, 0) is 37.0 Å². The van der Waals surface area contributed by atoms with Gasteiger partial charge in [0.05, 0.1) is 12.2 Å². The topological polar surface area (TPSA) is 81.0 Å². The van der Waals surface area contributed by atoms with E-state index in [0.29, 0.717) is 25.7 Å². The van der Waals surface area contributed by atoms with Crippen molar-refractivity contribution < 1.29 is 20.1 Å². The molecule has 0 aliphatic rings. The van der Waals surface area contributed by atoms with Crippen molar-refractivity contribution in [3.05, 3.63) is 66.3 Å². The summed E-state index contributed by atoms with van der Waals surface area (Å²) in [5.74, 6) is 0.228. The Labute approximate surface area is 155 Å². The number of amides is 1. The van der Waals surface area contributed by atoms with Crippen molar-refractivity contribution in [3.63, 3.8) is 0 Å². The molecular formula is C21H29NO4. The molecule has 1 aromatic rings. The van der Waals surface area contributed by atoms with E-state index >= 15 is 0 Å². The molecule has 1 amide bonds. The first kappa shape index (κ1) is 21.7. The molecule has 1 rings (SSSR count). The fourth-order valence-electron chi connectivity index (χ4n) is 2.23. The number of benzene rings is 1. The lowest BCUT2D eigenvalue weighted by atomic mass is 10.1. The number of nitrogens with zero attached hydrogens (tertiary/aromatic N) is 1. The number of allylic oxidation sites excluding steroid dienone is 4. The molecule has 26 heavy (non-hydrogen) atoms. The first-order valence-corrected chi connectivity index (χ1v) is 8.74. The Bertz CT molecular complexity index is 635. The van der Waals surface area contributed by atoms with Gasteiger partial charge in [-0.3, -0.25) is 4.79 Å². The van der Waals surface area contributed by atoms with E-state index in [1.165, 1.54) is 4.90 Å². The lowest BCUT2D eigenvalue weighted by molar-refractivity contribution is -0.129. The maximum absolute atomic E-state index is 11.4. The predicted molar refractivity (Wildman–Crippen MR) is 104 cm³/mol. The van der Waals surface area contributed by atoms with Crippen LogP contribution < -0.4 is 0 Å². The summed E-state index contributed by atoms with van der Waals surface area (Å²) < 4.78 is 0. The number of aromatic hydroxyl groups is 1. The van der Waals surface area contributed by atoms with Crippen LogP contribution in [0.25, 0.3) is 0 Å². The Kier molecular flexibility index (Phi) is 10.1. The maximum Gasteiger partial charge on any atom is 0.222 e. The highest BCUT2D eigenvalue weighted by Crippen LogP contribution is 2.13. The zero-order valence-electron chi connectivity index (χ0n) is 15.5. The monoisotopic (exact) mass is 359 g/mol. The van der Waals surface area contributed by atoms with Gasteiger partial charge in [-0.15, -0.1) is 0 Å². The van der Waals surface area contributed by atoms with Gasteiger partial charge in [0, 0.05) is 20.5 Å². The second-order valence-corrected chi connectivity index (χ2v) is 6.32. The van der Waals surface area contributed by atoms with Crippen LogP contribution in [0.5, 0.6) is 5.75 Å². The van der Waals surface area contributed by atoms with Gasteiger partial charge in [-0.25, -0.2) is 0 Å². The van der Waals surface area contributed by atoms with Gasteiger partial charge in [-0.2, -0.15) is 0 Å². The average Bonchev–Trinajstić information content (AvgIpc) is 2.60. The van der Waals surface area contributed by atoms with Crippen LogP contribution in [0.15, 0.2) is 60.7 Å². The van der Waals surface area contributed by atoms with Crippen molar-refractivity contribution in [2.75, 3.05) is 14.1 Å². The molecule has 0 fully saturated rings. The lowest BCUT2D eigenvalue weighted by Crippen LogP contribution is -2.22. The molecule has 0 saturated heterocycles. The van der Waals surface area contributed by atoms with Crippen LogP contribution in [0.2, 0.25) is 0 Å². The number of aliphatic hydroxyl groups is 2. The number of aryl methyl sites for hydroxylation is 1. The summed E-state index contributed by atoms with van der Waals surface area (Å²) in [7, 11) is 3.38. The first-order valence-electron chi connectivity index (χ1n) is 8.74. The van der Waals surface area contributed by atoms with E-state index in [9.17, 15) is 20.1 Å². The Balaban J connectivity index is 2.26. The van der Waals surface area contributed by atoms with Crippen LogP contribution in [-0.2, 0) is 11.2 Å². The van der Waals surface area contributed by atoms with Gasteiger partial charge >= 0.3 is 0 Å². The van der Waals surface area contributed by atoms with Crippen LogP contribution in [0, 0.1) is 0 Å². The molecule has 0 radical (unpaired) electrons. The summed E-state index contributed by atoms with van der Waals surface area (Å²) in [6, 6.07) is 7.01. The van der Waals surface area contributed by atoms with Crippen LogP contribution in [-0.4, -0.2) is 52.4 Å². The molecule has 1 aromatic carbocycles. The minimum Gasteiger partial charge on any atom is -0.508 e. The minimum absolute atomic E-state index is 0.00405. The number of aliphatic hydroxyl groups excluding tert-OH is 2. The number of rotatable bonds is 10. The Morgan fingerprint density at radius 1 is 1.04 bits per heavy atom. The van der Waals surface area contributed by atoms with Crippen molar-refractivity contribution in [2.24, 2.45) is 0 Å². The number of carbonyl (C=O) groups excluding carboxylic acids is 1. The lowest BCUT2D eigenvalue weighted by Gasteiger charge is -2.10. The second-order valence-electron chi connectivity index (χ2n) is 6.32. The number of carbonyl (C=O) groups is 1. The Morgan fingerprint density at radius 3 is 2.23 bits per heavy atom. The number of phenols is 1. The summed E-state index contributed by atoms with van der Waals surface area (Å²) in [5.41, 5.74) is 0.984. The molecular weight excluding hydrogens is 330 g/mol. The Hall–Kier alpha value is -2.37. The fourth-order valence-corrected chi connectivity index (χ4v) is 2.23. The molecule has 2 unspecified atom stereocenters. The van der Waals surface area contributed by atoms with E-state index in [1.807, 2.05) is 6.07 Å². The Morgan fingerprint density at radius 2 is 1.65 bits per heavy atom. The van der Waals surface area contributed by atoms with Crippen molar-refractivity contribution in [1.29, 1.82) is 0 Å². The van der Waals surface area contributed by atoms with Crippen LogP contribution in [0.4, 0.5) is 0 Å². The van der Waals surface area contributed by atoms with Crippen LogP contribution in [0.1, 0.15) is 24.8 Å². The summed E-state index contributed by atoms with van der Waals surface area (Å²) >= 11 is 0.